The van der Waals surface area contributed by atoms with Crippen LogP contribution in [0.15, 0.2) is 28.7 Å². The molecule has 0 radical (unpaired) electrons. The molecule has 1 aromatic heterocycles. The monoisotopic (exact) mass is 282 g/mol. The van der Waals surface area contributed by atoms with Gasteiger partial charge in [-0.25, -0.2) is 4.79 Å². The molecule has 0 atom stereocenters. The number of aromatic carboxylic acids is 1. The van der Waals surface area contributed by atoms with Gasteiger partial charge in [0.2, 0.25) is 5.76 Å². The summed E-state index contributed by atoms with van der Waals surface area (Å²) >= 11 is 6.04. The minimum Gasteiger partial charge on any atom is -0.496 e. The first kappa shape index (κ1) is 13.3. The van der Waals surface area contributed by atoms with Crippen LogP contribution in [0.4, 0.5) is 0 Å². The normalized spacial score (nSPS) is 10.3. The van der Waals surface area contributed by atoms with Crippen molar-refractivity contribution in [1.29, 1.82) is 0 Å². The molecule has 100 valence electrons. The molecule has 1 N–H and O–H groups in total. The van der Waals surface area contributed by atoms with Gasteiger partial charge in [-0.15, -0.1) is 0 Å². The fraction of sp³-hybridized carbons (Fsp3) is 0.154. The lowest BCUT2D eigenvalue weighted by atomic mass is 10.1. The molecule has 19 heavy (non-hydrogen) atoms. The summed E-state index contributed by atoms with van der Waals surface area (Å²) in [6.45, 7) is 0. The van der Waals surface area contributed by atoms with E-state index in [9.17, 15) is 4.79 Å². The van der Waals surface area contributed by atoms with Crippen molar-refractivity contribution in [2.45, 2.75) is 0 Å². The smallest absolute Gasteiger partial charge is 0.371 e. The summed E-state index contributed by atoms with van der Waals surface area (Å²) < 4.78 is 15.7. The Hall–Kier alpha value is -2.14. The minimum atomic E-state index is -1.15. The van der Waals surface area contributed by atoms with Crippen molar-refractivity contribution in [2.75, 3.05) is 14.2 Å². The number of carboxylic acid groups (broad SMARTS) is 1. The number of hydrogen-bond donors (Lipinski definition) is 1. The Morgan fingerprint density at radius 1 is 1.21 bits per heavy atom. The second-order valence-electron chi connectivity index (χ2n) is 3.63. The summed E-state index contributed by atoms with van der Waals surface area (Å²) in [5.74, 6) is -0.154. The zero-order chi connectivity index (χ0) is 14.0. The van der Waals surface area contributed by atoms with Gasteiger partial charge < -0.3 is 19.0 Å². The molecule has 0 saturated carbocycles. The third kappa shape index (κ3) is 2.37. The van der Waals surface area contributed by atoms with Gasteiger partial charge in [-0.05, 0) is 24.3 Å². The van der Waals surface area contributed by atoms with E-state index >= 15 is 0 Å². The van der Waals surface area contributed by atoms with Gasteiger partial charge >= 0.3 is 5.97 Å². The van der Waals surface area contributed by atoms with Gasteiger partial charge in [-0.2, -0.15) is 0 Å². The van der Waals surface area contributed by atoms with Crippen LogP contribution < -0.4 is 9.47 Å². The van der Waals surface area contributed by atoms with Crippen LogP contribution in [-0.4, -0.2) is 25.3 Å². The van der Waals surface area contributed by atoms with E-state index in [-0.39, 0.29) is 5.76 Å². The molecular weight excluding hydrogens is 272 g/mol. The van der Waals surface area contributed by atoms with Crippen LogP contribution in [0.2, 0.25) is 5.02 Å². The summed E-state index contributed by atoms with van der Waals surface area (Å²) in [7, 11) is 2.96. The van der Waals surface area contributed by atoms with Crippen molar-refractivity contribution in [3.8, 4) is 22.8 Å². The predicted molar refractivity (Wildman–Crippen MR) is 69.2 cm³/mol. The summed E-state index contributed by atoms with van der Waals surface area (Å²) in [5, 5.41) is 9.25. The Bertz CT molecular complexity index is 617. The molecule has 0 unspecified atom stereocenters. The van der Waals surface area contributed by atoms with Crippen LogP contribution in [0.5, 0.6) is 11.5 Å². The van der Waals surface area contributed by atoms with E-state index < -0.39 is 5.97 Å². The molecule has 1 aromatic carbocycles. The molecule has 0 aliphatic heterocycles. The SMILES string of the molecule is COc1ccc(Cl)c(OC)c1-c1ccc(C(=O)O)o1. The van der Waals surface area contributed by atoms with Crippen LogP contribution in [0.3, 0.4) is 0 Å². The molecule has 0 spiro atoms. The summed E-state index contributed by atoms with van der Waals surface area (Å²) in [4.78, 5) is 10.8. The van der Waals surface area contributed by atoms with Crippen molar-refractivity contribution in [3.05, 3.63) is 35.0 Å². The van der Waals surface area contributed by atoms with Crippen molar-refractivity contribution in [1.82, 2.24) is 0 Å². The second-order valence-corrected chi connectivity index (χ2v) is 4.03. The van der Waals surface area contributed by atoms with Gasteiger partial charge in [0.05, 0.1) is 19.2 Å². The van der Waals surface area contributed by atoms with Gasteiger partial charge in [-0.1, -0.05) is 11.6 Å². The maximum atomic E-state index is 10.8. The molecule has 0 aliphatic carbocycles. The maximum absolute atomic E-state index is 10.8. The molecule has 2 aromatic rings. The number of methoxy groups -OCH3 is 2. The van der Waals surface area contributed by atoms with E-state index in [2.05, 4.69) is 0 Å². The first-order valence-electron chi connectivity index (χ1n) is 5.32. The number of carboxylic acids is 1. The van der Waals surface area contributed by atoms with Crippen LogP contribution >= 0.6 is 11.6 Å². The first-order valence-corrected chi connectivity index (χ1v) is 5.70. The lowest BCUT2D eigenvalue weighted by Gasteiger charge is -2.12. The second kappa shape index (κ2) is 5.24. The zero-order valence-electron chi connectivity index (χ0n) is 10.3. The fourth-order valence-electron chi connectivity index (χ4n) is 1.73. The van der Waals surface area contributed by atoms with Crippen molar-refractivity contribution < 1.29 is 23.8 Å². The van der Waals surface area contributed by atoms with Gasteiger partial charge in [0, 0.05) is 0 Å². The van der Waals surface area contributed by atoms with Gasteiger partial charge in [0.25, 0.3) is 0 Å². The van der Waals surface area contributed by atoms with E-state index in [1.54, 1.807) is 12.1 Å². The first-order chi connectivity index (χ1) is 9.08. The predicted octanol–water partition coefficient (Wildman–Crippen LogP) is 3.32. The van der Waals surface area contributed by atoms with Crippen molar-refractivity contribution in [2.24, 2.45) is 0 Å². The Morgan fingerprint density at radius 2 is 1.95 bits per heavy atom. The maximum Gasteiger partial charge on any atom is 0.371 e. The molecule has 0 aliphatic rings. The molecular formula is C13H11ClO5. The third-order valence-corrected chi connectivity index (χ3v) is 2.86. The van der Waals surface area contributed by atoms with E-state index in [1.807, 2.05) is 0 Å². The number of hydrogen-bond acceptors (Lipinski definition) is 4. The molecule has 0 saturated heterocycles. The molecule has 2 rings (SSSR count). The fourth-order valence-corrected chi connectivity index (χ4v) is 1.96. The topological polar surface area (TPSA) is 68.9 Å². The quantitative estimate of drug-likeness (QED) is 0.931. The van der Waals surface area contributed by atoms with Crippen molar-refractivity contribution in [3.63, 3.8) is 0 Å². The largest absolute Gasteiger partial charge is 0.496 e. The number of benzene rings is 1. The highest BCUT2D eigenvalue weighted by Gasteiger charge is 2.20. The number of rotatable bonds is 4. The minimum absolute atomic E-state index is 0.168. The summed E-state index contributed by atoms with van der Waals surface area (Å²) in [6.07, 6.45) is 0. The van der Waals surface area contributed by atoms with E-state index in [0.717, 1.165) is 0 Å². The molecule has 0 amide bonds. The highest BCUT2D eigenvalue weighted by atomic mass is 35.5. The van der Waals surface area contributed by atoms with Gasteiger partial charge in [-0.3, -0.25) is 0 Å². The Labute approximate surface area is 114 Å². The highest BCUT2D eigenvalue weighted by molar-refractivity contribution is 6.32. The highest BCUT2D eigenvalue weighted by Crippen LogP contribution is 2.43. The summed E-state index contributed by atoms with van der Waals surface area (Å²) in [6, 6.07) is 6.17. The lowest BCUT2D eigenvalue weighted by molar-refractivity contribution is 0.0663. The van der Waals surface area contributed by atoms with Gasteiger partial charge in [0.15, 0.2) is 5.75 Å². The Kier molecular flexibility index (Phi) is 3.66. The Balaban J connectivity index is 2.64. The molecule has 0 fully saturated rings. The number of furan rings is 1. The van der Waals surface area contributed by atoms with E-state index in [0.29, 0.717) is 27.8 Å². The number of carbonyl (C=O) groups is 1. The molecule has 0 bridgehead atoms. The van der Waals surface area contributed by atoms with E-state index in [4.69, 9.17) is 30.6 Å². The zero-order valence-corrected chi connectivity index (χ0v) is 11.0. The Morgan fingerprint density at radius 3 is 2.47 bits per heavy atom. The third-order valence-electron chi connectivity index (χ3n) is 2.56. The molecule has 6 heteroatoms. The van der Waals surface area contributed by atoms with Crippen LogP contribution in [0, 0.1) is 0 Å². The average molecular weight is 283 g/mol. The standard InChI is InChI=1S/C13H11ClO5/c1-17-8-4-3-7(14)12(18-2)11(8)9-5-6-10(19-9)13(15)16/h3-6H,1-2H3,(H,15,16). The van der Waals surface area contributed by atoms with E-state index in [1.165, 1.54) is 26.4 Å². The summed E-state index contributed by atoms with van der Waals surface area (Å²) in [5.41, 5.74) is 0.477. The lowest BCUT2D eigenvalue weighted by Crippen LogP contribution is -1.94. The number of ether oxygens (including phenoxy) is 2. The van der Waals surface area contributed by atoms with Crippen molar-refractivity contribution >= 4 is 17.6 Å². The molecule has 1 heterocycles. The van der Waals surface area contributed by atoms with Crippen LogP contribution in [-0.2, 0) is 0 Å². The van der Waals surface area contributed by atoms with Crippen LogP contribution in [0.1, 0.15) is 10.6 Å². The van der Waals surface area contributed by atoms with Gasteiger partial charge in [0.1, 0.15) is 17.1 Å². The van der Waals surface area contributed by atoms with Crippen LogP contribution in [0.25, 0.3) is 11.3 Å². The average Bonchev–Trinajstić information content (AvgIpc) is 2.87. The molecule has 5 nitrogen and oxygen atoms in total. The number of halogens is 1.